The lowest BCUT2D eigenvalue weighted by atomic mass is 10.0. The molecule has 0 aliphatic carbocycles. The molecule has 1 fully saturated rings. The van der Waals surface area contributed by atoms with Gasteiger partial charge in [0.25, 0.3) is 0 Å². The number of rotatable bonds is 8. The summed E-state index contributed by atoms with van der Waals surface area (Å²) in [6.07, 6.45) is 3.86. The van der Waals surface area contributed by atoms with E-state index < -0.39 is 0 Å². The molecule has 0 radical (unpaired) electrons. The number of thioether (sulfide) groups is 1. The van der Waals surface area contributed by atoms with Crippen LogP contribution in [-0.4, -0.2) is 24.7 Å². The van der Waals surface area contributed by atoms with E-state index in [2.05, 4.69) is 55.2 Å². The molecule has 1 aromatic carbocycles. The highest BCUT2D eigenvalue weighted by atomic mass is 32.2. The molecule has 0 amide bonds. The maximum Gasteiger partial charge on any atom is 0.119 e. The predicted octanol–water partition coefficient (Wildman–Crippen LogP) is 4.34. The normalized spacial score (nSPS) is 16.3. The van der Waals surface area contributed by atoms with Crippen molar-refractivity contribution in [3.05, 3.63) is 29.8 Å². The van der Waals surface area contributed by atoms with Crippen LogP contribution < -0.4 is 10.1 Å². The molecule has 1 N–H and O–H groups in total. The van der Waals surface area contributed by atoms with Crippen LogP contribution in [0.15, 0.2) is 24.3 Å². The van der Waals surface area contributed by atoms with Gasteiger partial charge in [0, 0.05) is 6.54 Å². The molecule has 0 aromatic heterocycles. The van der Waals surface area contributed by atoms with Gasteiger partial charge in [0.15, 0.2) is 0 Å². The summed E-state index contributed by atoms with van der Waals surface area (Å²) < 4.78 is 5.75. The van der Waals surface area contributed by atoms with Crippen molar-refractivity contribution in [3.8, 4) is 5.75 Å². The molecule has 0 unspecified atom stereocenters. The molecule has 2 rings (SSSR count). The van der Waals surface area contributed by atoms with Gasteiger partial charge in [0.1, 0.15) is 5.75 Å². The third-order valence-electron chi connectivity index (χ3n) is 3.99. The molecule has 2 nitrogen and oxygen atoms in total. The Bertz CT molecular complexity index is 385. The van der Waals surface area contributed by atoms with E-state index in [9.17, 15) is 0 Å². The molecule has 1 aliphatic rings. The molecule has 1 saturated heterocycles. The van der Waals surface area contributed by atoms with Gasteiger partial charge >= 0.3 is 0 Å². The molecule has 1 aromatic rings. The van der Waals surface area contributed by atoms with Crippen LogP contribution >= 0.6 is 11.8 Å². The minimum Gasteiger partial charge on any atom is -0.494 e. The first kappa shape index (κ1) is 16.7. The first-order valence-corrected chi connectivity index (χ1v) is 9.39. The van der Waals surface area contributed by atoms with Gasteiger partial charge in [-0.3, -0.25) is 0 Å². The van der Waals surface area contributed by atoms with Crippen molar-refractivity contribution in [3.63, 3.8) is 0 Å². The topological polar surface area (TPSA) is 21.3 Å². The summed E-state index contributed by atoms with van der Waals surface area (Å²) in [7, 11) is 0. The summed E-state index contributed by atoms with van der Waals surface area (Å²) in [6.45, 7) is 7.39. The van der Waals surface area contributed by atoms with E-state index in [1.807, 2.05) is 0 Å². The third-order valence-corrected chi connectivity index (χ3v) is 5.04. The van der Waals surface area contributed by atoms with E-state index in [-0.39, 0.29) is 0 Å². The van der Waals surface area contributed by atoms with Crippen LogP contribution in [0.5, 0.6) is 5.75 Å². The molecule has 0 bridgehead atoms. The maximum atomic E-state index is 5.75. The Morgan fingerprint density at radius 3 is 2.57 bits per heavy atom. The average molecular weight is 308 g/mol. The van der Waals surface area contributed by atoms with E-state index in [4.69, 9.17) is 4.74 Å². The molecule has 1 aliphatic heterocycles. The van der Waals surface area contributed by atoms with E-state index in [0.717, 1.165) is 37.8 Å². The van der Waals surface area contributed by atoms with Gasteiger partial charge in [-0.1, -0.05) is 26.0 Å². The summed E-state index contributed by atoms with van der Waals surface area (Å²) in [4.78, 5) is 0. The van der Waals surface area contributed by atoms with Gasteiger partial charge in [-0.2, -0.15) is 11.8 Å². The fourth-order valence-corrected chi connectivity index (χ4v) is 3.69. The largest absolute Gasteiger partial charge is 0.494 e. The lowest BCUT2D eigenvalue weighted by molar-refractivity contribution is 0.289. The number of benzene rings is 1. The maximum absolute atomic E-state index is 5.75. The van der Waals surface area contributed by atoms with E-state index in [1.54, 1.807) is 0 Å². The second-order valence-electron chi connectivity index (χ2n) is 6.36. The Balaban J connectivity index is 1.64. The summed E-state index contributed by atoms with van der Waals surface area (Å²) in [5.74, 6) is 5.25. The Morgan fingerprint density at radius 2 is 1.90 bits per heavy atom. The Hall–Kier alpha value is -0.670. The Labute approximate surface area is 134 Å². The number of hydrogen-bond donors (Lipinski definition) is 1. The van der Waals surface area contributed by atoms with E-state index in [0.29, 0.717) is 5.92 Å². The lowest BCUT2D eigenvalue weighted by Gasteiger charge is -2.21. The number of hydrogen-bond acceptors (Lipinski definition) is 3. The van der Waals surface area contributed by atoms with Gasteiger partial charge in [-0.15, -0.1) is 0 Å². The van der Waals surface area contributed by atoms with Crippen LogP contribution in [0, 0.1) is 11.8 Å². The SMILES string of the molecule is CC(C)CCOc1ccc(CNCC2CCSCC2)cc1. The summed E-state index contributed by atoms with van der Waals surface area (Å²) in [6, 6.07) is 8.53. The van der Waals surface area contributed by atoms with Crippen molar-refractivity contribution in [2.45, 2.75) is 39.7 Å². The van der Waals surface area contributed by atoms with Gasteiger partial charge in [-0.25, -0.2) is 0 Å². The highest BCUT2D eigenvalue weighted by molar-refractivity contribution is 7.99. The van der Waals surface area contributed by atoms with E-state index in [1.165, 1.54) is 29.9 Å². The first-order chi connectivity index (χ1) is 10.2. The van der Waals surface area contributed by atoms with Crippen molar-refractivity contribution >= 4 is 11.8 Å². The van der Waals surface area contributed by atoms with Crippen molar-refractivity contribution in [1.82, 2.24) is 5.32 Å². The average Bonchev–Trinajstić information content (AvgIpc) is 2.50. The molecule has 3 heteroatoms. The van der Waals surface area contributed by atoms with Crippen molar-refractivity contribution < 1.29 is 4.74 Å². The minimum atomic E-state index is 0.701. The van der Waals surface area contributed by atoms with Gasteiger partial charge in [0.05, 0.1) is 6.61 Å². The van der Waals surface area contributed by atoms with Crippen LogP contribution in [0.4, 0.5) is 0 Å². The predicted molar refractivity (Wildman–Crippen MR) is 93.1 cm³/mol. The first-order valence-electron chi connectivity index (χ1n) is 8.24. The molecule has 0 saturated carbocycles. The monoisotopic (exact) mass is 307 g/mol. The van der Waals surface area contributed by atoms with Gasteiger partial charge in [0.2, 0.25) is 0 Å². The minimum absolute atomic E-state index is 0.701. The van der Waals surface area contributed by atoms with Crippen molar-refractivity contribution in [2.75, 3.05) is 24.7 Å². The van der Waals surface area contributed by atoms with Gasteiger partial charge in [-0.05, 0) is 66.8 Å². The summed E-state index contributed by atoms with van der Waals surface area (Å²) in [5, 5.41) is 3.60. The quantitative estimate of drug-likeness (QED) is 0.772. The molecule has 118 valence electrons. The van der Waals surface area contributed by atoms with E-state index >= 15 is 0 Å². The molecular formula is C18H29NOS. The van der Waals surface area contributed by atoms with Crippen LogP contribution in [-0.2, 0) is 6.54 Å². The molecule has 1 heterocycles. The standard InChI is InChI=1S/C18H29NOS/c1-15(2)7-10-20-18-5-3-16(4-6-18)13-19-14-17-8-11-21-12-9-17/h3-6,15,17,19H,7-14H2,1-2H3. The Kier molecular flexibility index (Phi) is 7.45. The fourth-order valence-electron chi connectivity index (χ4n) is 2.49. The second-order valence-corrected chi connectivity index (χ2v) is 7.59. The summed E-state index contributed by atoms with van der Waals surface area (Å²) >= 11 is 2.10. The molecule has 21 heavy (non-hydrogen) atoms. The molecule has 0 spiro atoms. The van der Waals surface area contributed by atoms with Crippen LogP contribution in [0.1, 0.15) is 38.7 Å². The zero-order chi connectivity index (χ0) is 14.9. The molecule has 0 atom stereocenters. The highest BCUT2D eigenvalue weighted by Gasteiger charge is 2.12. The second kappa shape index (κ2) is 9.37. The van der Waals surface area contributed by atoms with Crippen molar-refractivity contribution in [2.24, 2.45) is 11.8 Å². The molecular weight excluding hydrogens is 278 g/mol. The highest BCUT2D eigenvalue weighted by Crippen LogP contribution is 2.22. The Morgan fingerprint density at radius 1 is 1.19 bits per heavy atom. The number of nitrogens with one attached hydrogen (secondary N) is 1. The van der Waals surface area contributed by atoms with Crippen LogP contribution in [0.25, 0.3) is 0 Å². The fraction of sp³-hybridized carbons (Fsp3) is 0.667. The lowest BCUT2D eigenvalue weighted by Crippen LogP contribution is -2.25. The van der Waals surface area contributed by atoms with Gasteiger partial charge < -0.3 is 10.1 Å². The zero-order valence-electron chi connectivity index (χ0n) is 13.4. The smallest absolute Gasteiger partial charge is 0.119 e. The van der Waals surface area contributed by atoms with Crippen molar-refractivity contribution in [1.29, 1.82) is 0 Å². The zero-order valence-corrected chi connectivity index (χ0v) is 14.3. The van der Waals surface area contributed by atoms with Crippen LogP contribution in [0.2, 0.25) is 0 Å². The number of ether oxygens (including phenoxy) is 1. The van der Waals surface area contributed by atoms with Crippen LogP contribution in [0.3, 0.4) is 0 Å². The third kappa shape index (κ3) is 6.75. The summed E-state index contributed by atoms with van der Waals surface area (Å²) in [5.41, 5.74) is 1.34.